The summed E-state index contributed by atoms with van der Waals surface area (Å²) >= 11 is 5.99. The molecule has 0 N–H and O–H groups in total. The average molecular weight is 350 g/mol. The molecule has 0 aliphatic heterocycles. The molecule has 0 spiro atoms. The van der Waals surface area contributed by atoms with Crippen LogP contribution in [0, 0.1) is 5.82 Å². The second-order valence-electron chi connectivity index (χ2n) is 5.59. The number of hydrogen-bond donors (Lipinski definition) is 0. The Balaban J connectivity index is 1.69. The molecule has 0 bridgehead atoms. The van der Waals surface area contributed by atoms with Gasteiger partial charge in [0.2, 0.25) is 0 Å². The topological polar surface area (TPSA) is 30.7 Å². The van der Waals surface area contributed by atoms with Gasteiger partial charge in [0.25, 0.3) is 0 Å². The molecule has 4 rings (SSSR count). The van der Waals surface area contributed by atoms with Crippen molar-refractivity contribution in [3.8, 4) is 28.1 Å². The van der Waals surface area contributed by atoms with E-state index in [4.69, 9.17) is 11.6 Å². The lowest BCUT2D eigenvalue weighted by molar-refractivity contribution is 0.628. The Kier molecular flexibility index (Phi) is 4.04. The normalized spacial score (nSPS) is 10.8. The van der Waals surface area contributed by atoms with Crippen molar-refractivity contribution in [2.75, 3.05) is 0 Å². The van der Waals surface area contributed by atoms with Crippen LogP contribution in [0.1, 0.15) is 0 Å². The number of nitrogens with zero attached hydrogens (tertiary/aromatic N) is 3. The Morgan fingerprint density at radius 2 is 1.64 bits per heavy atom. The molecule has 0 amide bonds. The van der Waals surface area contributed by atoms with E-state index in [1.165, 1.54) is 6.07 Å². The summed E-state index contributed by atoms with van der Waals surface area (Å²) in [5.41, 5.74) is 3.54. The van der Waals surface area contributed by atoms with E-state index in [9.17, 15) is 4.39 Å². The summed E-state index contributed by atoms with van der Waals surface area (Å²) in [5.74, 6) is -0.337. The Bertz CT molecular complexity index is 1030. The van der Waals surface area contributed by atoms with Gasteiger partial charge in [0, 0.05) is 22.2 Å². The van der Waals surface area contributed by atoms with Gasteiger partial charge in [-0.25, -0.2) is 9.07 Å². The average Bonchev–Trinajstić information content (AvgIpc) is 3.12. The zero-order valence-corrected chi connectivity index (χ0v) is 13.9. The molecule has 25 heavy (non-hydrogen) atoms. The van der Waals surface area contributed by atoms with Crippen molar-refractivity contribution in [3.05, 3.63) is 89.8 Å². The Morgan fingerprint density at radius 1 is 0.840 bits per heavy atom. The van der Waals surface area contributed by atoms with Crippen LogP contribution in [0.15, 0.2) is 79.0 Å². The molecule has 0 saturated carbocycles. The Morgan fingerprint density at radius 3 is 2.40 bits per heavy atom. The fourth-order valence-electron chi connectivity index (χ4n) is 2.67. The van der Waals surface area contributed by atoms with Gasteiger partial charge in [0.15, 0.2) is 0 Å². The number of halogens is 2. The van der Waals surface area contributed by atoms with Crippen molar-refractivity contribution in [1.82, 2.24) is 15.0 Å². The molecular weight excluding hydrogens is 337 g/mol. The maximum atomic E-state index is 14.6. The highest BCUT2D eigenvalue weighted by Crippen LogP contribution is 2.27. The molecule has 122 valence electrons. The van der Waals surface area contributed by atoms with E-state index in [2.05, 4.69) is 10.3 Å². The van der Waals surface area contributed by atoms with E-state index in [-0.39, 0.29) is 5.82 Å². The standard InChI is InChI=1S/C20H13ClFN3/c21-16-8-4-7-15(11-16)18-10-9-17(12-19(18)22)25-13-20(23-24-25)14-5-2-1-3-6-14/h1-13H. The third-order valence-electron chi connectivity index (χ3n) is 3.92. The van der Waals surface area contributed by atoms with Gasteiger partial charge in [-0.2, -0.15) is 0 Å². The SMILES string of the molecule is Fc1cc(-n2cc(-c3ccccc3)nn2)ccc1-c1cccc(Cl)c1. The van der Waals surface area contributed by atoms with Gasteiger partial charge in [-0.3, -0.25) is 0 Å². The van der Waals surface area contributed by atoms with E-state index >= 15 is 0 Å². The maximum absolute atomic E-state index is 14.6. The van der Waals surface area contributed by atoms with Gasteiger partial charge in [-0.15, -0.1) is 5.10 Å². The summed E-state index contributed by atoms with van der Waals surface area (Å²) in [6.45, 7) is 0. The summed E-state index contributed by atoms with van der Waals surface area (Å²) in [6.07, 6.45) is 1.78. The highest BCUT2D eigenvalue weighted by Gasteiger charge is 2.10. The lowest BCUT2D eigenvalue weighted by Gasteiger charge is -2.06. The summed E-state index contributed by atoms with van der Waals surface area (Å²) in [4.78, 5) is 0. The van der Waals surface area contributed by atoms with Crippen molar-refractivity contribution < 1.29 is 4.39 Å². The van der Waals surface area contributed by atoms with Crippen molar-refractivity contribution in [2.24, 2.45) is 0 Å². The molecule has 4 aromatic rings. The number of aromatic nitrogens is 3. The summed E-state index contributed by atoms with van der Waals surface area (Å²) < 4.78 is 16.1. The molecular formula is C20H13ClFN3. The second-order valence-corrected chi connectivity index (χ2v) is 6.03. The molecule has 0 fully saturated rings. The van der Waals surface area contributed by atoms with E-state index in [1.807, 2.05) is 42.5 Å². The number of benzene rings is 3. The lowest BCUT2D eigenvalue weighted by Crippen LogP contribution is -1.96. The van der Waals surface area contributed by atoms with E-state index in [0.29, 0.717) is 16.3 Å². The van der Waals surface area contributed by atoms with Crippen LogP contribution >= 0.6 is 11.6 Å². The molecule has 3 nitrogen and oxygen atoms in total. The quantitative estimate of drug-likeness (QED) is 0.496. The van der Waals surface area contributed by atoms with Crippen LogP contribution in [-0.2, 0) is 0 Å². The van der Waals surface area contributed by atoms with Crippen LogP contribution in [0.3, 0.4) is 0 Å². The van der Waals surface area contributed by atoms with Crippen LogP contribution < -0.4 is 0 Å². The van der Waals surface area contributed by atoms with Gasteiger partial charge >= 0.3 is 0 Å². The van der Waals surface area contributed by atoms with Crippen LogP contribution in [0.5, 0.6) is 0 Å². The third kappa shape index (κ3) is 3.16. The number of rotatable bonds is 3. The van der Waals surface area contributed by atoms with Gasteiger partial charge in [0.1, 0.15) is 11.5 Å². The lowest BCUT2D eigenvalue weighted by atomic mass is 10.0. The second kappa shape index (κ2) is 6.49. The smallest absolute Gasteiger partial charge is 0.133 e. The first-order chi connectivity index (χ1) is 12.2. The molecule has 1 heterocycles. The van der Waals surface area contributed by atoms with Gasteiger partial charge in [-0.05, 0) is 29.8 Å². The molecule has 3 aromatic carbocycles. The van der Waals surface area contributed by atoms with Crippen LogP contribution in [0.2, 0.25) is 5.02 Å². The fourth-order valence-corrected chi connectivity index (χ4v) is 2.86. The summed E-state index contributed by atoms with van der Waals surface area (Å²) in [5, 5.41) is 8.83. The largest absolute Gasteiger partial charge is 0.220 e. The van der Waals surface area contributed by atoms with Gasteiger partial charge < -0.3 is 0 Å². The molecule has 1 aromatic heterocycles. The molecule has 5 heteroatoms. The predicted molar refractivity (Wildman–Crippen MR) is 97.2 cm³/mol. The summed E-state index contributed by atoms with van der Waals surface area (Å²) in [6, 6.07) is 21.8. The van der Waals surface area contributed by atoms with Crippen molar-refractivity contribution in [1.29, 1.82) is 0 Å². The van der Waals surface area contributed by atoms with Gasteiger partial charge in [0.05, 0.1) is 11.9 Å². The molecule has 0 aliphatic carbocycles. The summed E-state index contributed by atoms with van der Waals surface area (Å²) in [7, 11) is 0. The first-order valence-electron chi connectivity index (χ1n) is 7.74. The van der Waals surface area contributed by atoms with Gasteiger partial charge in [-0.1, -0.05) is 59.3 Å². The third-order valence-corrected chi connectivity index (χ3v) is 4.15. The Labute approximate surface area is 149 Å². The molecule has 0 saturated heterocycles. The van der Waals surface area contributed by atoms with E-state index in [1.54, 1.807) is 35.1 Å². The molecule has 0 radical (unpaired) electrons. The van der Waals surface area contributed by atoms with Crippen molar-refractivity contribution >= 4 is 11.6 Å². The maximum Gasteiger partial charge on any atom is 0.133 e. The highest BCUT2D eigenvalue weighted by molar-refractivity contribution is 6.30. The fraction of sp³-hybridized carbons (Fsp3) is 0. The molecule has 0 unspecified atom stereocenters. The number of hydrogen-bond acceptors (Lipinski definition) is 2. The van der Waals surface area contributed by atoms with Crippen LogP contribution in [0.4, 0.5) is 4.39 Å². The minimum atomic E-state index is -0.337. The Hall–Kier alpha value is -2.98. The van der Waals surface area contributed by atoms with Crippen molar-refractivity contribution in [2.45, 2.75) is 0 Å². The minimum Gasteiger partial charge on any atom is -0.220 e. The molecule has 0 atom stereocenters. The monoisotopic (exact) mass is 349 g/mol. The van der Waals surface area contributed by atoms with E-state index in [0.717, 1.165) is 16.8 Å². The van der Waals surface area contributed by atoms with Crippen LogP contribution in [0.25, 0.3) is 28.1 Å². The first kappa shape index (κ1) is 15.5. The first-order valence-corrected chi connectivity index (χ1v) is 8.12. The molecule has 0 aliphatic rings. The van der Waals surface area contributed by atoms with Crippen molar-refractivity contribution in [3.63, 3.8) is 0 Å². The van der Waals surface area contributed by atoms with E-state index < -0.39 is 0 Å². The predicted octanol–water partition coefficient (Wildman–Crippen LogP) is 5.39. The minimum absolute atomic E-state index is 0.337. The zero-order chi connectivity index (χ0) is 17.2. The van der Waals surface area contributed by atoms with Crippen LogP contribution in [-0.4, -0.2) is 15.0 Å². The zero-order valence-electron chi connectivity index (χ0n) is 13.1. The highest BCUT2D eigenvalue weighted by atomic mass is 35.5.